The van der Waals surface area contributed by atoms with Crippen molar-refractivity contribution in [2.75, 3.05) is 0 Å². The van der Waals surface area contributed by atoms with Crippen LogP contribution in [-0.4, -0.2) is 10.2 Å². The van der Waals surface area contributed by atoms with Crippen LogP contribution in [0.1, 0.15) is 24.5 Å². The normalized spacial score (nSPS) is 11.8. The van der Waals surface area contributed by atoms with Crippen molar-refractivity contribution < 1.29 is 9.15 Å². The minimum Gasteiger partial charge on any atom is -0.480 e. The lowest BCUT2D eigenvalue weighted by atomic mass is 10.2. The van der Waals surface area contributed by atoms with Crippen molar-refractivity contribution in [2.45, 2.75) is 13.0 Å². The molecule has 0 N–H and O–H groups in total. The van der Waals surface area contributed by atoms with Crippen LogP contribution in [0.15, 0.2) is 46.2 Å². The van der Waals surface area contributed by atoms with E-state index in [1.54, 1.807) is 25.1 Å². The average molecular weight is 297 g/mol. The lowest BCUT2D eigenvalue weighted by molar-refractivity contribution is 0.189. The number of nitriles is 1. The van der Waals surface area contributed by atoms with E-state index in [-0.39, 0.29) is 0 Å². The molecule has 1 unspecified atom stereocenters. The van der Waals surface area contributed by atoms with Gasteiger partial charge in [-0.25, -0.2) is 0 Å². The largest absolute Gasteiger partial charge is 0.480 e. The quantitative estimate of drug-likeness (QED) is 0.732. The minimum atomic E-state index is -0.430. The van der Waals surface area contributed by atoms with Crippen molar-refractivity contribution in [1.29, 1.82) is 5.26 Å². The fourth-order valence-electron chi connectivity index (χ4n) is 1.80. The van der Waals surface area contributed by atoms with Crippen molar-refractivity contribution in [3.8, 4) is 22.6 Å². The molecule has 6 heteroatoms. The molecule has 0 aliphatic heterocycles. The maximum Gasteiger partial charge on any atom is 0.257 e. The Bertz CT molecular complexity index is 774. The molecule has 0 aliphatic carbocycles. The van der Waals surface area contributed by atoms with Crippen LogP contribution in [0.5, 0.6) is 5.75 Å². The molecule has 0 saturated carbocycles. The second kappa shape index (κ2) is 5.77. The first-order valence-corrected chi connectivity index (χ1v) is 7.19. The Morgan fingerprint density at radius 3 is 2.86 bits per heavy atom. The van der Waals surface area contributed by atoms with Crippen LogP contribution in [0, 0.1) is 11.3 Å². The van der Waals surface area contributed by atoms with Crippen LogP contribution >= 0.6 is 11.3 Å². The van der Waals surface area contributed by atoms with Gasteiger partial charge in [0, 0.05) is 0 Å². The first kappa shape index (κ1) is 13.3. The third-order valence-corrected chi connectivity index (χ3v) is 3.69. The number of rotatable bonds is 4. The number of thiophene rings is 1. The zero-order valence-electron chi connectivity index (χ0n) is 11.2. The number of aromatic nitrogens is 2. The molecule has 0 saturated heterocycles. The van der Waals surface area contributed by atoms with Gasteiger partial charge in [-0.1, -0.05) is 18.2 Å². The van der Waals surface area contributed by atoms with Gasteiger partial charge in [-0.05, 0) is 30.5 Å². The van der Waals surface area contributed by atoms with Gasteiger partial charge in [-0.2, -0.15) is 5.26 Å². The van der Waals surface area contributed by atoms with E-state index in [4.69, 9.17) is 14.4 Å². The Hall–Kier alpha value is -2.65. The highest BCUT2D eigenvalue weighted by molar-refractivity contribution is 7.13. The maximum atomic E-state index is 9.05. The third-order valence-electron chi connectivity index (χ3n) is 2.83. The van der Waals surface area contributed by atoms with Gasteiger partial charge < -0.3 is 9.15 Å². The van der Waals surface area contributed by atoms with Gasteiger partial charge in [0.1, 0.15) is 11.8 Å². The van der Waals surface area contributed by atoms with Gasteiger partial charge in [0.15, 0.2) is 6.10 Å². The van der Waals surface area contributed by atoms with Crippen LogP contribution in [0.25, 0.3) is 10.8 Å². The van der Waals surface area contributed by atoms with Gasteiger partial charge in [0.05, 0.1) is 10.4 Å². The van der Waals surface area contributed by atoms with E-state index in [1.165, 1.54) is 11.3 Å². The maximum absolute atomic E-state index is 9.05. The van der Waals surface area contributed by atoms with Gasteiger partial charge in [-0.3, -0.25) is 0 Å². The fourth-order valence-corrected chi connectivity index (χ4v) is 2.45. The van der Waals surface area contributed by atoms with Crippen molar-refractivity contribution in [3.63, 3.8) is 0 Å². The van der Waals surface area contributed by atoms with Crippen LogP contribution < -0.4 is 4.74 Å². The highest BCUT2D eigenvalue weighted by Crippen LogP contribution is 2.28. The Labute approximate surface area is 125 Å². The summed E-state index contributed by atoms with van der Waals surface area (Å²) in [6.45, 7) is 1.81. The summed E-state index contributed by atoms with van der Waals surface area (Å²) in [5.74, 6) is 1.36. The van der Waals surface area contributed by atoms with Crippen molar-refractivity contribution in [1.82, 2.24) is 10.2 Å². The average Bonchev–Trinajstić information content (AvgIpc) is 3.18. The molecule has 2 aromatic heterocycles. The highest BCUT2D eigenvalue weighted by Gasteiger charge is 2.18. The summed E-state index contributed by atoms with van der Waals surface area (Å²) >= 11 is 1.53. The number of para-hydroxylation sites is 1. The highest BCUT2D eigenvalue weighted by atomic mass is 32.1. The summed E-state index contributed by atoms with van der Waals surface area (Å²) in [5.41, 5.74) is 0.474. The molecular formula is C15H11N3O2S. The predicted octanol–water partition coefficient (Wildman–Crippen LogP) is 3.81. The van der Waals surface area contributed by atoms with E-state index in [0.29, 0.717) is 23.1 Å². The number of hydrogen-bond acceptors (Lipinski definition) is 6. The molecule has 1 atom stereocenters. The summed E-state index contributed by atoms with van der Waals surface area (Å²) in [4.78, 5) is 0.915. The lowest BCUT2D eigenvalue weighted by Crippen LogP contribution is -2.04. The Balaban J connectivity index is 1.80. The van der Waals surface area contributed by atoms with Gasteiger partial charge >= 0.3 is 0 Å². The molecule has 0 aliphatic rings. The van der Waals surface area contributed by atoms with E-state index in [0.717, 1.165) is 4.88 Å². The number of ether oxygens (including phenoxy) is 1. The first-order chi connectivity index (χ1) is 10.3. The van der Waals surface area contributed by atoms with Gasteiger partial charge in [0.2, 0.25) is 0 Å². The third kappa shape index (κ3) is 2.78. The van der Waals surface area contributed by atoms with Gasteiger partial charge in [-0.15, -0.1) is 21.5 Å². The zero-order valence-corrected chi connectivity index (χ0v) is 12.0. The number of nitrogens with zero attached hydrogens (tertiary/aromatic N) is 3. The molecule has 1 aromatic carbocycles. The van der Waals surface area contributed by atoms with Crippen LogP contribution in [0.3, 0.4) is 0 Å². The van der Waals surface area contributed by atoms with Crippen molar-refractivity contribution >= 4 is 11.3 Å². The van der Waals surface area contributed by atoms with Crippen LogP contribution in [0.4, 0.5) is 0 Å². The number of benzene rings is 1. The number of hydrogen-bond donors (Lipinski definition) is 0. The molecule has 3 rings (SSSR count). The summed E-state index contributed by atoms with van der Waals surface area (Å²) in [6, 6.07) is 13.0. The molecular weight excluding hydrogens is 286 g/mol. The second-order valence-electron chi connectivity index (χ2n) is 4.29. The summed E-state index contributed by atoms with van der Waals surface area (Å²) in [6.07, 6.45) is -0.430. The molecule has 0 bridgehead atoms. The van der Waals surface area contributed by atoms with Gasteiger partial charge in [0.25, 0.3) is 11.8 Å². The second-order valence-corrected chi connectivity index (χ2v) is 5.24. The summed E-state index contributed by atoms with van der Waals surface area (Å²) in [7, 11) is 0. The van der Waals surface area contributed by atoms with E-state index >= 15 is 0 Å². The standard InChI is InChI=1S/C15H11N3O2S/c1-10(19-12-6-3-2-5-11(12)9-16)14-17-18-15(20-14)13-7-4-8-21-13/h2-8,10H,1H3. The minimum absolute atomic E-state index is 0.381. The Morgan fingerprint density at radius 2 is 2.10 bits per heavy atom. The molecule has 104 valence electrons. The predicted molar refractivity (Wildman–Crippen MR) is 77.8 cm³/mol. The Morgan fingerprint density at radius 1 is 1.24 bits per heavy atom. The first-order valence-electron chi connectivity index (χ1n) is 6.31. The fraction of sp³-hybridized carbons (Fsp3) is 0.133. The molecule has 0 radical (unpaired) electrons. The summed E-state index contributed by atoms with van der Waals surface area (Å²) < 4.78 is 11.4. The molecule has 2 heterocycles. The molecule has 5 nitrogen and oxygen atoms in total. The molecule has 0 spiro atoms. The van der Waals surface area contributed by atoms with E-state index in [1.807, 2.05) is 23.6 Å². The van der Waals surface area contributed by atoms with E-state index < -0.39 is 6.10 Å². The topological polar surface area (TPSA) is 71.9 Å². The molecule has 21 heavy (non-hydrogen) atoms. The Kier molecular flexibility index (Phi) is 3.67. The van der Waals surface area contributed by atoms with Crippen molar-refractivity contribution in [2.24, 2.45) is 0 Å². The SMILES string of the molecule is CC(Oc1ccccc1C#N)c1nnc(-c2cccs2)o1. The zero-order chi connectivity index (χ0) is 14.7. The molecule has 0 amide bonds. The summed E-state index contributed by atoms with van der Waals surface area (Å²) in [5, 5.41) is 19.0. The van der Waals surface area contributed by atoms with Crippen LogP contribution in [-0.2, 0) is 0 Å². The monoisotopic (exact) mass is 297 g/mol. The molecule has 3 aromatic rings. The smallest absolute Gasteiger partial charge is 0.257 e. The lowest BCUT2D eigenvalue weighted by Gasteiger charge is -2.11. The van der Waals surface area contributed by atoms with E-state index in [9.17, 15) is 0 Å². The van der Waals surface area contributed by atoms with Crippen molar-refractivity contribution in [3.05, 3.63) is 53.2 Å². The van der Waals surface area contributed by atoms with Crippen LogP contribution in [0.2, 0.25) is 0 Å². The molecule has 0 fully saturated rings. The van der Waals surface area contributed by atoms with E-state index in [2.05, 4.69) is 16.3 Å².